The molecule has 1 fully saturated rings. The molecule has 2 nitrogen and oxygen atoms in total. The van der Waals surface area contributed by atoms with Crippen molar-refractivity contribution in [3.8, 4) is 0 Å². The molecular weight excluding hydrogens is 232 g/mol. The maximum Gasteiger partial charge on any atom is 0.0306 e. The van der Waals surface area contributed by atoms with Gasteiger partial charge >= 0.3 is 0 Å². The molecule has 1 aliphatic rings. The monoisotopic (exact) mass is 260 g/mol. The molecule has 0 aliphatic carbocycles. The fourth-order valence-electron chi connectivity index (χ4n) is 3.47. The van der Waals surface area contributed by atoms with Crippen molar-refractivity contribution >= 4 is 0 Å². The number of likely N-dealkylation sites (tertiary alicyclic amines) is 1. The Hall–Kier alpha value is -0.860. The summed E-state index contributed by atoms with van der Waals surface area (Å²) in [5.74, 6) is 1.38. The molecule has 0 radical (unpaired) electrons. The normalized spacial score (nSPS) is 23.7. The lowest BCUT2D eigenvalue weighted by molar-refractivity contribution is 0.116. The van der Waals surface area contributed by atoms with Crippen molar-refractivity contribution in [2.75, 3.05) is 19.6 Å². The predicted molar refractivity (Wildman–Crippen MR) is 82.3 cm³/mol. The Morgan fingerprint density at radius 3 is 2.58 bits per heavy atom. The first-order valence-corrected chi connectivity index (χ1v) is 7.55. The van der Waals surface area contributed by atoms with E-state index in [1.54, 1.807) is 0 Å². The van der Waals surface area contributed by atoms with E-state index >= 15 is 0 Å². The third-order valence-electron chi connectivity index (χ3n) is 4.51. The van der Waals surface area contributed by atoms with E-state index < -0.39 is 0 Å². The van der Waals surface area contributed by atoms with E-state index in [1.165, 1.54) is 24.9 Å². The summed E-state index contributed by atoms with van der Waals surface area (Å²) in [6.45, 7) is 10.0. The molecule has 106 valence electrons. The van der Waals surface area contributed by atoms with Gasteiger partial charge in [0.25, 0.3) is 0 Å². The standard InChI is InChI=1S/C17H28N2/c1-14(2)11-17(3,13-18)19-10-9-16(12-19)15-7-5-4-6-8-15/h4-8,14,16H,9-13,18H2,1-3H3. The Morgan fingerprint density at radius 2 is 2.00 bits per heavy atom. The fraction of sp³-hybridized carbons (Fsp3) is 0.647. The van der Waals surface area contributed by atoms with Crippen molar-refractivity contribution in [1.29, 1.82) is 0 Å². The van der Waals surface area contributed by atoms with Gasteiger partial charge in [-0.15, -0.1) is 0 Å². The fourth-order valence-corrected chi connectivity index (χ4v) is 3.47. The zero-order chi connectivity index (χ0) is 13.9. The molecule has 0 spiro atoms. The van der Waals surface area contributed by atoms with Gasteiger partial charge in [-0.2, -0.15) is 0 Å². The van der Waals surface area contributed by atoms with Gasteiger partial charge in [-0.1, -0.05) is 44.2 Å². The molecule has 0 aromatic heterocycles. The summed E-state index contributed by atoms with van der Waals surface area (Å²) in [7, 11) is 0. The smallest absolute Gasteiger partial charge is 0.0306 e. The SMILES string of the molecule is CC(C)CC(C)(CN)N1CCC(c2ccccc2)C1. The summed E-state index contributed by atoms with van der Waals surface area (Å²) < 4.78 is 0. The van der Waals surface area contributed by atoms with Crippen LogP contribution in [0.5, 0.6) is 0 Å². The van der Waals surface area contributed by atoms with Crippen LogP contribution in [0.15, 0.2) is 30.3 Å². The molecule has 1 saturated heterocycles. The maximum atomic E-state index is 6.08. The molecule has 2 heteroatoms. The van der Waals surface area contributed by atoms with Crippen LogP contribution in [-0.4, -0.2) is 30.1 Å². The Kier molecular flexibility index (Phi) is 4.64. The Bertz CT molecular complexity index is 388. The average Bonchev–Trinajstić information content (AvgIpc) is 2.89. The van der Waals surface area contributed by atoms with Crippen molar-refractivity contribution in [2.45, 2.75) is 45.1 Å². The van der Waals surface area contributed by atoms with Crippen LogP contribution in [0.25, 0.3) is 0 Å². The third kappa shape index (κ3) is 3.37. The second-order valence-corrected chi connectivity index (χ2v) is 6.64. The lowest BCUT2D eigenvalue weighted by Crippen LogP contribution is -2.51. The number of nitrogens with two attached hydrogens (primary N) is 1. The van der Waals surface area contributed by atoms with Gasteiger partial charge in [-0.3, -0.25) is 4.90 Å². The molecule has 1 aliphatic heterocycles. The van der Waals surface area contributed by atoms with Crippen molar-refractivity contribution in [2.24, 2.45) is 11.7 Å². The van der Waals surface area contributed by atoms with Gasteiger partial charge in [0.2, 0.25) is 0 Å². The van der Waals surface area contributed by atoms with Gasteiger partial charge in [0.1, 0.15) is 0 Å². The van der Waals surface area contributed by atoms with Crippen molar-refractivity contribution in [3.05, 3.63) is 35.9 Å². The van der Waals surface area contributed by atoms with Gasteiger partial charge in [0.05, 0.1) is 0 Å². The van der Waals surface area contributed by atoms with E-state index in [0.717, 1.165) is 13.1 Å². The van der Waals surface area contributed by atoms with Crippen LogP contribution in [-0.2, 0) is 0 Å². The lowest BCUT2D eigenvalue weighted by Gasteiger charge is -2.39. The molecular formula is C17H28N2. The van der Waals surface area contributed by atoms with Crippen molar-refractivity contribution in [3.63, 3.8) is 0 Å². The van der Waals surface area contributed by atoms with E-state index in [0.29, 0.717) is 11.8 Å². The molecule has 1 heterocycles. The highest BCUT2D eigenvalue weighted by molar-refractivity contribution is 5.21. The van der Waals surface area contributed by atoms with Crippen LogP contribution >= 0.6 is 0 Å². The topological polar surface area (TPSA) is 29.3 Å². The molecule has 0 amide bonds. The summed E-state index contributed by atoms with van der Waals surface area (Å²) in [5.41, 5.74) is 7.72. The Labute approximate surface area is 118 Å². The van der Waals surface area contributed by atoms with E-state index in [9.17, 15) is 0 Å². The Morgan fingerprint density at radius 1 is 1.32 bits per heavy atom. The number of benzene rings is 1. The summed E-state index contributed by atoms with van der Waals surface area (Å²) >= 11 is 0. The van der Waals surface area contributed by atoms with Crippen LogP contribution in [0.4, 0.5) is 0 Å². The molecule has 1 aromatic rings. The second kappa shape index (κ2) is 6.06. The van der Waals surface area contributed by atoms with E-state index in [4.69, 9.17) is 5.73 Å². The van der Waals surface area contributed by atoms with Gasteiger partial charge in [0.15, 0.2) is 0 Å². The molecule has 2 N–H and O–H groups in total. The summed E-state index contributed by atoms with van der Waals surface area (Å²) in [4.78, 5) is 2.62. The molecule has 2 unspecified atom stereocenters. The first-order chi connectivity index (χ1) is 9.05. The van der Waals surface area contributed by atoms with Crippen LogP contribution in [0.2, 0.25) is 0 Å². The molecule has 19 heavy (non-hydrogen) atoms. The summed E-state index contributed by atoms with van der Waals surface area (Å²) in [6, 6.07) is 10.9. The molecule has 2 rings (SSSR count). The largest absolute Gasteiger partial charge is 0.329 e. The molecule has 0 saturated carbocycles. The van der Waals surface area contributed by atoms with Gasteiger partial charge in [0, 0.05) is 18.6 Å². The molecule has 0 bridgehead atoms. The highest BCUT2D eigenvalue weighted by atomic mass is 15.2. The van der Waals surface area contributed by atoms with Gasteiger partial charge in [-0.25, -0.2) is 0 Å². The van der Waals surface area contributed by atoms with E-state index in [1.807, 2.05) is 0 Å². The van der Waals surface area contributed by atoms with Gasteiger partial charge < -0.3 is 5.73 Å². The molecule has 2 atom stereocenters. The minimum absolute atomic E-state index is 0.164. The lowest BCUT2D eigenvalue weighted by atomic mass is 9.89. The van der Waals surface area contributed by atoms with E-state index in [2.05, 4.69) is 56.0 Å². The second-order valence-electron chi connectivity index (χ2n) is 6.64. The minimum atomic E-state index is 0.164. The van der Waals surface area contributed by atoms with E-state index in [-0.39, 0.29) is 5.54 Å². The zero-order valence-electron chi connectivity index (χ0n) is 12.6. The van der Waals surface area contributed by atoms with Crippen molar-refractivity contribution in [1.82, 2.24) is 4.90 Å². The predicted octanol–water partition coefficient (Wildman–Crippen LogP) is 3.24. The van der Waals surface area contributed by atoms with Crippen LogP contribution in [0.1, 0.15) is 45.1 Å². The summed E-state index contributed by atoms with van der Waals surface area (Å²) in [6.07, 6.45) is 2.45. The first kappa shape index (κ1) is 14.5. The number of hydrogen-bond acceptors (Lipinski definition) is 2. The number of hydrogen-bond donors (Lipinski definition) is 1. The average molecular weight is 260 g/mol. The van der Waals surface area contributed by atoms with Crippen LogP contribution < -0.4 is 5.73 Å². The first-order valence-electron chi connectivity index (χ1n) is 7.55. The van der Waals surface area contributed by atoms with Gasteiger partial charge in [-0.05, 0) is 43.7 Å². The van der Waals surface area contributed by atoms with Crippen LogP contribution in [0.3, 0.4) is 0 Å². The summed E-state index contributed by atoms with van der Waals surface area (Å²) in [5, 5.41) is 0. The highest BCUT2D eigenvalue weighted by Gasteiger charge is 2.36. The minimum Gasteiger partial charge on any atom is -0.329 e. The number of nitrogens with zero attached hydrogens (tertiary/aromatic N) is 1. The Balaban J connectivity index is 2.04. The quantitative estimate of drug-likeness (QED) is 0.880. The number of rotatable bonds is 5. The highest BCUT2D eigenvalue weighted by Crippen LogP contribution is 2.33. The third-order valence-corrected chi connectivity index (χ3v) is 4.51. The van der Waals surface area contributed by atoms with Crippen LogP contribution in [0, 0.1) is 5.92 Å². The molecule has 1 aromatic carbocycles. The zero-order valence-corrected chi connectivity index (χ0v) is 12.6. The maximum absolute atomic E-state index is 6.08. The van der Waals surface area contributed by atoms with Crippen molar-refractivity contribution < 1.29 is 0 Å².